The minimum Gasteiger partial charge on any atom is -0.305 e. The van der Waals surface area contributed by atoms with Gasteiger partial charge in [0.25, 0.3) is 5.56 Å². The van der Waals surface area contributed by atoms with Crippen molar-refractivity contribution in [2.24, 2.45) is 4.99 Å². The number of aliphatic imine (C=N–C) groups is 1. The summed E-state index contributed by atoms with van der Waals surface area (Å²) in [5.74, 6) is -3.32. The zero-order chi connectivity index (χ0) is 19.0. The summed E-state index contributed by atoms with van der Waals surface area (Å²) in [6, 6.07) is 2.15. The fraction of sp³-hybridized carbons (Fsp3) is 0.421. The van der Waals surface area contributed by atoms with E-state index in [0.717, 1.165) is 43.3 Å². The number of H-pyrrole nitrogens is 1. The predicted molar refractivity (Wildman–Crippen MR) is 94.2 cm³/mol. The van der Waals surface area contributed by atoms with E-state index in [1.165, 1.54) is 6.07 Å². The highest BCUT2D eigenvalue weighted by Gasteiger charge is 2.24. The third-order valence-electron chi connectivity index (χ3n) is 5.05. The second-order valence-electron chi connectivity index (χ2n) is 6.92. The molecule has 0 atom stereocenters. The van der Waals surface area contributed by atoms with Crippen LogP contribution in [0.15, 0.2) is 21.9 Å². The first-order valence-electron chi connectivity index (χ1n) is 9.03. The van der Waals surface area contributed by atoms with Gasteiger partial charge in [-0.25, -0.2) is 18.2 Å². The third kappa shape index (κ3) is 3.53. The molecule has 8 heteroatoms. The average Bonchev–Trinajstić information content (AvgIpc) is 2.69. The van der Waals surface area contributed by atoms with E-state index in [1.54, 1.807) is 0 Å². The molecule has 0 saturated carbocycles. The molecular formula is C19H19F3N4O. The smallest absolute Gasteiger partial charge is 0.255 e. The first-order valence-corrected chi connectivity index (χ1v) is 9.03. The Balaban J connectivity index is 1.56. The van der Waals surface area contributed by atoms with Crippen molar-refractivity contribution in [1.82, 2.24) is 14.9 Å². The van der Waals surface area contributed by atoms with Crippen LogP contribution in [0.3, 0.4) is 0 Å². The van der Waals surface area contributed by atoms with Crippen molar-refractivity contribution in [2.75, 3.05) is 13.1 Å². The topological polar surface area (TPSA) is 61.4 Å². The number of rotatable bonds is 3. The van der Waals surface area contributed by atoms with Crippen molar-refractivity contribution in [1.29, 1.82) is 0 Å². The van der Waals surface area contributed by atoms with Gasteiger partial charge in [-0.15, -0.1) is 0 Å². The van der Waals surface area contributed by atoms with Gasteiger partial charge in [-0.1, -0.05) is 6.07 Å². The quantitative estimate of drug-likeness (QED) is 0.838. The molecule has 142 valence electrons. The summed E-state index contributed by atoms with van der Waals surface area (Å²) in [4.78, 5) is 26.2. The summed E-state index contributed by atoms with van der Waals surface area (Å²) in [6.45, 7) is 1.68. The second kappa shape index (κ2) is 7.26. The van der Waals surface area contributed by atoms with Gasteiger partial charge in [-0.3, -0.25) is 14.7 Å². The molecule has 27 heavy (non-hydrogen) atoms. The highest BCUT2D eigenvalue weighted by atomic mass is 19.2. The van der Waals surface area contributed by atoms with Gasteiger partial charge in [0.2, 0.25) is 0 Å². The number of fused-ring (bicyclic) bond motifs is 1. The molecular weight excluding hydrogens is 357 g/mol. The lowest BCUT2D eigenvalue weighted by Crippen LogP contribution is -2.36. The summed E-state index contributed by atoms with van der Waals surface area (Å²) in [5.41, 5.74) is 1.94. The van der Waals surface area contributed by atoms with Crippen LogP contribution in [0.4, 0.5) is 13.2 Å². The number of aromatic amines is 1. The molecule has 3 heterocycles. The molecule has 0 radical (unpaired) electrons. The fourth-order valence-electron chi connectivity index (χ4n) is 3.57. The second-order valence-corrected chi connectivity index (χ2v) is 6.92. The van der Waals surface area contributed by atoms with E-state index >= 15 is 0 Å². The van der Waals surface area contributed by atoms with Crippen molar-refractivity contribution < 1.29 is 13.2 Å². The molecule has 1 aromatic carbocycles. The number of hydrogen-bond acceptors (Lipinski definition) is 4. The van der Waals surface area contributed by atoms with E-state index in [0.29, 0.717) is 24.4 Å². The highest BCUT2D eigenvalue weighted by Crippen LogP contribution is 2.21. The molecule has 1 aromatic heterocycles. The number of halogens is 3. The summed E-state index contributed by atoms with van der Waals surface area (Å²) < 4.78 is 40.4. The Morgan fingerprint density at radius 2 is 1.96 bits per heavy atom. The van der Waals surface area contributed by atoms with Crippen LogP contribution < -0.4 is 5.56 Å². The van der Waals surface area contributed by atoms with E-state index in [-0.39, 0.29) is 24.2 Å². The fourth-order valence-corrected chi connectivity index (χ4v) is 3.57. The first-order chi connectivity index (χ1) is 13.0. The molecule has 5 nitrogen and oxygen atoms in total. The minimum absolute atomic E-state index is 0.0647. The Kier molecular flexibility index (Phi) is 4.82. The standard InChI is InChI=1S/C19H19F3N4O/c20-13-5-4-11(16(21)17(13)22)9-26-8-6-14-12(10-26)19(27)25-18(24-14)15-3-1-2-7-23-15/h4-5H,1-3,6-10H2,(H,24,25,27). The van der Waals surface area contributed by atoms with Crippen LogP contribution >= 0.6 is 0 Å². The normalized spacial score (nSPS) is 17.5. The molecule has 0 aliphatic carbocycles. The average molecular weight is 376 g/mol. The lowest BCUT2D eigenvalue weighted by atomic mass is 10.0. The summed E-state index contributed by atoms with van der Waals surface area (Å²) in [5, 5.41) is 0. The van der Waals surface area contributed by atoms with E-state index < -0.39 is 17.5 Å². The Labute approximate surface area is 154 Å². The molecule has 0 saturated heterocycles. The maximum Gasteiger partial charge on any atom is 0.255 e. The minimum atomic E-state index is -1.47. The van der Waals surface area contributed by atoms with E-state index in [9.17, 15) is 18.0 Å². The highest BCUT2D eigenvalue weighted by molar-refractivity contribution is 5.97. The van der Waals surface area contributed by atoms with Crippen LogP contribution in [0, 0.1) is 17.5 Å². The number of nitrogens with one attached hydrogen (secondary N) is 1. The molecule has 2 aliphatic rings. The Bertz CT molecular complexity index is 970. The maximum absolute atomic E-state index is 13.9. The van der Waals surface area contributed by atoms with Crippen molar-refractivity contribution >= 4 is 5.71 Å². The Hall–Kier alpha value is -2.48. The lowest BCUT2D eigenvalue weighted by molar-refractivity contribution is 0.237. The van der Waals surface area contributed by atoms with Gasteiger partial charge in [-0.05, 0) is 25.3 Å². The van der Waals surface area contributed by atoms with Gasteiger partial charge >= 0.3 is 0 Å². The zero-order valence-corrected chi connectivity index (χ0v) is 14.7. The molecule has 0 fully saturated rings. The van der Waals surface area contributed by atoms with Crippen molar-refractivity contribution in [3.63, 3.8) is 0 Å². The van der Waals surface area contributed by atoms with Gasteiger partial charge in [0.1, 0.15) is 0 Å². The van der Waals surface area contributed by atoms with Crippen molar-refractivity contribution in [3.8, 4) is 0 Å². The van der Waals surface area contributed by atoms with Gasteiger partial charge in [0, 0.05) is 38.2 Å². The summed E-state index contributed by atoms with van der Waals surface area (Å²) >= 11 is 0. The number of aromatic nitrogens is 2. The van der Waals surface area contributed by atoms with Crippen LogP contribution in [-0.4, -0.2) is 33.7 Å². The van der Waals surface area contributed by atoms with Crippen LogP contribution in [0.5, 0.6) is 0 Å². The predicted octanol–water partition coefficient (Wildman–Crippen LogP) is 2.72. The third-order valence-corrected chi connectivity index (χ3v) is 5.05. The van der Waals surface area contributed by atoms with E-state index in [1.807, 2.05) is 4.90 Å². The van der Waals surface area contributed by atoms with Crippen LogP contribution in [0.1, 0.15) is 41.9 Å². The largest absolute Gasteiger partial charge is 0.305 e. The van der Waals surface area contributed by atoms with E-state index in [4.69, 9.17) is 0 Å². The number of nitrogens with zero attached hydrogens (tertiary/aromatic N) is 3. The first kappa shape index (κ1) is 17.9. The van der Waals surface area contributed by atoms with Gasteiger partial charge in [-0.2, -0.15) is 0 Å². The molecule has 4 rings (SSSR count). The van der Waals surface area contributed by atoms with Crippen molar-refractivity contribution in [3.05, 3.63) is 62.6 Å². The van der Waals surface area contributed by atoms with Gasteiger partial charge < -0.3 is 4.98 Å². The van der Waals surface area contributed by atoms with E-state index in [2.05, 4.69) is 15.0 Å². The molecule has 0 amide bonds. The molecule has 0 unspecified atom stereocenters. The zero-order valence-electron chi connectivity index (χ0n) is 14.7. The van der Waals surface area contributed by atoms with Crippen LogP contribution in [0.25, 0.3) is 0 Å². The molecule has 0 spiro atoms. The van der Waals surface area contributed by atoms with Crippen LogP contribution in [0.2, 0.25) is 0 Å². The maximum atomic E-state index is 13.9. The Morgan fingerprint density at radius 3 is 2.74 bits per heavy atom. The van der Waals surface area contributed by atoms with Gasteiger partial charge in [0.15, 0.2) is 23.3 Å². The van der Waals surface area contributed by atoms with Crippen LogP contribution in [-0.2, 0) is 19.5 Å². The van der Waals surface area contributed by atoms with Crippen molar-refractivity contribution in [2.45, 2.75) is 38.8 Å². The number of benzene rings is 1. The molecule has 0 bridgehead atoms. The molecule has 1 N–H and O–H groups in total. The molecule has 2 aromatic rings. The summed E-state index contributed by atoms with van der Waals surface area (Å²) in [6.07, 6.45) is 3.43. The summed E-state index contributed by atoms with van der Waals surface area (Å²) in [7, 11) is 0. The number of hydrogen-bond donors (Lipinski definition) is 1. The monoisotopic (exact) mass is 376 g/mol. The SMILES string of the molecule is O=c1[nH]c(C2=NCCCC2)nc2c1CN(Cc1ccc(F)c(F)c1F)CC2. The van der Waals surface area contributed by atoms with Gasteiger partial charge in [0.05, 0.1) is 17.0 Å². The Morgan fingerprint density at radius 1 is 1.11 bits per heavy atom. The lowest BCUT2D eigenvalue weighted by Gasteiger charge is -2.28. The molecule has 2 aliphatic heterocycles.